The average Bonchev–Trinajstić information content (AvgIpc) is 3.04. The van der Waals surface area contributed by atoms with Crippen LogP contribution in [0.15, 0.2) is 121 Å². The van der Waals surface area contributed by atoms with Crippen molar-refractivity contribution in [2.45, 2.75) is 13.8 Å². The SMILES string of the molecule is Cc1ccc(OCCOc2ccc(OC(=O)c3ccc(-c4ccc(OCCOc5ccc(C)cc5)cc4)cc3)cc2)cc1. The van der Waals surface area contributed by atoms with Gasteiger partial charge < -0.3 is 23.7 Å². The minimum Gasteiger partial charge on any atom is -0.490 e. The average molecular weight is 575 g/mol. The summed E-state index contributed by atoms with van der Waals surface area (Å²) >= 11 is 0. The lowest BCUT2D eigenvalue weighted by Gasteiger charge is -2.10. The van der Waals surface area contributed by atoms with E-state index in [1.165, 1.54) is 11.1 Å². The number of rotatable bonds is 13. The topological polar surface area (TPSA) is 63.2 Å². The van der Waals surface area contributed by atoms with Crippen LogP contribution in [-0.2, 0) is 0 Å². The second-order valence-corrected chi connectivity index (χ2v) is 9.98. The van der Waals surface area contributed by atoms with E-state index in [9.17, 15) is 4.79 Å². The van der Waals surface area contributed by atoms with Gasteiger partial charge in [0.1, 0.15) is 55.2 Å². The lowest BCUT2D eigenvalue weighted by Crippen LogP contribution is -2.09. The molecule has 6 nitrogen and oxygen atoms in total. The van der Waals surface area contributed by atoms with Gasteiger partial charge in [-0.05, 0) is 97.8 Å². The number of esters is 1. The van der Waals surface area contributed by atoms with Gasteiger partial charge in [-0.2, -0.15) is 0 Å². The first-order valence-corrected chi connectivity index (χ1v) is 14.2. The Labute approximate surface area is 252 Å². The fourth-order valence-corrected chi connectivity index (χ4v) is 4.22. The van der Waals surface area contributed by atoms with E-state index in [4.69, 9.17) is 23.7 Å². The van der Waals surface area contributed by atoms with Crippen LogP contribution in [-0.4, -0.2) is 32.4 Å². The molecule has 0 bridgehead atoms. The fraction of sp³-hybridized carbons (Fsp3) is 0.162. The largest absolute Gasteiger partial charge is 0.490 e. The van der Waals surface area contributed by atoms with Gasteiger partial charge in [0.2, 0.25) is 0 Å². The lowest BCUT2D eigenvalue weighted by molar-refractivity contribution is 0.0734. The van der Waals surface area contributed by atoms with E-state index in [-0.39, 0.29) is 0 Å². The van der Waals surface area contributed by atoms with E-state index in [1.54, 1.807) is 36.4 Å². The predicted octanol–water partition coefficient (Wildman–Crippen LogP) is 8.11. The third-order valence-corrected chi connectivity index (χ3v) is 6.63. The van der Waals surface area contributed by atoms with E-state index >= 15 is 0 Å². The number of ether oxygens (including phenoxy) is 5. The number of carbonyl (C=O) groups excluding carboxylic acids is 1. The van der Waals surface area contributed by atoms with Crippen molar-refractivity contribution < 1.29 is 28.5 Å². The van der Waals surface area contributed by atoms with Crippen molar-refractivity contribution in [2.75, 3.05) is 26.4 Å². The molecule has 218 valence electrons. The number of carbonyl (C=O) groups is 1. The highest BCUT2D eigenvalue weighted by molar-refractivity contribution is 5.91. The Hall–Kier alpha value is -5.23. The molecule has 0 spiro atoms. The number of aryl methyl sites for hydroxylation is 2. The van der Waals surface area contributed by atoms with Crippen LogP contribution >= 0.6 is 0 Å². The first kappa shape index (κ1) is 29.3. The van der Waals surface area contributed by atoms with E-state index in [2.05, 4.69) is 0 Å². The van der Waals surface area contributed by atoms with Crippen molar-refractivity contribution in [3.63, 3.8) is 0 Å². The minimum atomic E-state index is -0.427. The van der Waals surface area contributed by atoms with Gasteiger partial charge in [0.05, 0.1) is 5.56 Å². The summed E-state index contributed by atoms with van der Waals surface area (Å²) in [6.07, 6.45) is 0. The van der Waals surface area contributed by atoms with Crippen molar-refractivity contribution >= 4 is 5.97 Å². The summed E-state index contributed by atoms with van der Waals surface area (Å²) in [7, 11) is 0. The molecule has 0 radical (unpaired) electrons. The Morgan fingerprint density at radius 3 is 1.12 bits per heavy atom. The molecule has 0 aliphatic rings. The zero-order chi connectivity index (χ0) is 29.9. The van der Waals surface area contributed by atoms with Crippen molar-refractivity contribution in [2.24, 2.45) is 0 Å². The first-order chi connectivity index (χ1) is 21.0. The number of hydrogen-bond acceptors (Lipinski definition) is 6. The Morgan fingerprint density at radius 1 is 0.419 bits per heavy atom. The van der Waals surface area contributed by atoms with Crippen molar-refractivity contribution in [1.29, 1.82) is 0 Å². The quantitative estimate of drug-likeness (QED) is 0.0804. The van der Waals surface area contributed by atoms with Gasteiger partial charge in [-0.3, -0.25) is 0 Å². The molecule has 0 saturated heterocycles. The summed E-state index contributed by atoms with van der Waals surface area (Å²) in [5, 5.41) is 0. The summed E-state index contributed by atoms with van der Waals surface area (Å²) in [4.78, 5) is 12.7. The van der Waals surface area contributed by atoms with Gasteiger partial charge in [-0.1, -0.05) is 59.7 Å². The van der Waals surface area contributed by atoms with E-state index in [0.29, 0.717) is 43.5 Å². The highest BCUT2D eigenvalue weighted by Gasteiger charge is 2.10. The molecule has 0 fully saturated rings. The Kier molecular flexibility index (Phi) is 9.94. The van der Waals surface area contributed by atoms with E-state index < -0.39 is 5.97 Å². The van der Waals surface area contributed by atoms with Gasteiger partial charge in [-0.15, -0.1) is 0 Å². The van der Waals surface area contributed by atoms with Crippen LogP contribution in [0.2, 0.25) is 0 Å². The van der Waals surface area contributed by atoms with Gasteiger partial charge in [0.15, 0.2) is 0 Å². The standard InChI is InChI=1S/C37H34O6/c1-27-3-13-32(14-4-27)39-23-25-41-34-17-11-30(12-18-34)29-7-9-31(10-8-29)37(38)43-36-21-19-35(20-22-36)42-26-24-40-33-15-5-28(2)6-16-33/h3-22H,23-26H2,1-2H3. The summed E-state index contributed by atoms with van der Waals surface area (Å²) in [5.41, 5.74) is 4.85. The van der Waals surface area contributed by atoms with Crippen LogP contribution in [0.3, 0.4) is 0 Å². The van der Waals surface area contributed by atoms with Gasteiger partial charge in [0, 0.05) is 0 Å². The Bertz CT molecular complexity index is 1570. The highest BCUT2D eigenvalue weighted by Crippen LogP contribution is 2.24. The molecular formula is C37H34O6. The maximum absolute atomic E-state index is 12.7. The molecular weight excluding hydrogens is 540 g/mol. The third-order valence-electron chi connectivity index (χ3n) is 6.63. The summed E-state index contributed by atoms with van der Waals surface area (Å²) in [5.74, 6) is 3.09. The van der Waals surface area contributed by atoms with Crippen molar-refractivity contribution in [3.05, 3.63) is 138 Å². The molecule has 43 heavy (non-hydrogen) atoms. The molecule has 0 aromatic heterocycles. The van der Waals surface area contributed by atoms with E-state index in [0.717, 1.165) is 28.4 Å². The van der Waals surface area contributed by atoms with Gasteiger partial charge in [-0.25, -0.2) is 4.79 Å². The monoisotopic (exact) mass is 574 g/mol. The zero-order valence-corrected chi connectivity index (χ0v) is 24.3. The number of benzene rings is 5. The molecule has 5 aromatic rings. The second kappa shape index (κ2) is 14.6. The first-order valence-electron chi connectivity index (χ1n) is 14.2. The second-order valence-electron chi connectivity index (χ2n) is 9.98. The minimum absolute atomic E-state index is 0.401. The van der Waals surface area contributed by atoms with E-state index in [1.807, 2.05) is 98.8 Å². The third kappa shape index (κ3) is 8.88. The van der Waals surface area contributed by atoms with Crippen LogP contribution in [0.4, 0.5) is 0 Å². The maximum Gasteiger partial charge on any atom is 0.343 e. The molecule has 0 saturated carbocycles. The summed E-state index contributed by atoms with van der Waals surface area (Å²) in [6, 6.07) is 37.9. The molecule has 6 heteroatoms. The molecule has 5 rings (SSSR count). The van der Waals surface area contributed by atoms with Gasteiger partial charge >= 0.3 is 5.97 Å². The van der Waals surface area contributed by atoms with Crippen LogP contribution in [0, 0.1) is 13.8 Å². The predicted molar refractivity (Wildman–Crippen MR) is 168 cm³/mol. The molecule has 5 aromatic carbocycles. The maximum atomic E-state index is 12.7. The summed E-state index contributed by atoms with van der Waals surface area (Å²) < 4.78 is 28.5. The zero-order valence-electron chi connectivity index (χ0n) is 24.3. The molecule has 0 N–H and O–H groups in total. The summed E-state index contributed by atoms with van der Waals surface area (Å²) in [6.45, 7) is 5.82. The van der Waals surface area contributed by atoms with Gasteiger partial charge in [0.25, 0.3) is 0 Å². The molecule has 0 atom stereocenters. The van der Waals surface area contributed by atoms with Crippen molar-refractivity contribution in [1.82, 2.24) is 0 Å². The van der Waals surface area contributed by atoms with Crippen LogP contribution in [0.5, 0.6) is 28.7 Å². The van der Waals surface area contributed by atoms with Crippen LogP contribution in [0.1, 0.15) is 21.5 Å². The molecule has 0 aliphatic carbocycles. The molecule has 0 aliphatic heterocycles. The molecule has 0 unspecified atom stereocenters. The smallest absolute Gasteiger partial charge is 0.343 e. The Balaban J connectivity index is 1.04. The highest BCUT2D eigenvalue weighted by atomic mass is 16.5. The normalized spacial score (nSPS) is 10.6. The van der Waals surface area contributed by atoms with Crippen molar-refractivity contribution in [3.8, 4) is 39.9 Å². The van der Waals surface area contributed by atoms with Crippen LogP contribution in [0.25, 0.3) is 11.1 Å². The lowest BCUT2D eigenvalue weighted by atomic mass is 10.0. The Morgan fingerprint density at radius 2 is 0.721 bits per heavy atom. The fourth-order valence-electron chi connectivity index (χ4n) is 4.22. The molecule has 0 heterocycles. The number of hydrogen-bond donors (Lipinski definition) is 0. The molecule has 0 amide bonds. The van der Waals surface area contributed by atoms with Crippen LogP contribution < -0.4 is 23.7 Å².